The Morgan fingerprint density at radius 2 is 2.00 bits per heavy atom. The van der Waals surface area contributed by atoms with Gasteiger partial charge in [-0.25, -0.2) is 4.39 Å². The number of Topliss-reactive ketones (excluding diaryl/α,β-unsaturated/α-hetero) is 1. The highest BCUT2D eigenvalue weighted by molar-refractivity contribution is 9.10. The van der Waals surface area contributed by atoms with E-state index in [4.69, 9.17) is 16.3 Å². The third-order valence-corrected chi connectivity index (χ3v) is 3.63. The minimum absolute atomic E-state index is 0.118. The van der Waals surface area contributed by atoms with Crippen LogP contribution in [0, 0.1) is 5.82 Å². The zero-order valence-electron chi connectivity index (χ0n) is 12.0. The van der Waals surface area contributed by atoms with Gasteiger partial charge in [0.25, 0.3) is 0 Å². The van der Waals surface area contributed by atoms with Crippen LogP contribution < -0.4 is 10.1 Å². The van der Waals surface area contributed by atoms with Crippen molar-refractivity contribution >= 4 is 44.9 Å². The number of halogens is 3. The van der Waals surface area contributed by atoms with Gasteiger partial charge in [-0.05, 0) is 36.4 Å². The topological polar surface area (TPSA) is 55.4 Å². The van der Waals surface area contributed by atoms with Crippen LogP contribution in [0.1, 0.15) is 17.3 Å². The summed E-state index contributed by atoms with van der Waals surface area (Å²) in [5.74, 6) is -1.25. The van der Waals surface area contributed by atoms with Gasteiger partial charge in [0.1, 0.15) is 11.6 Å². The minimum Gasteiger partial charge on any atom is -0.484 e. The number of hydrogen-bond acceptors (Lipinski definition) is 3. The largest absolute Gasteiger partial charge is 0.484 e. The average molecular weight is 401 g/mol. The second kappa shape index (κ2) is 7.57. The molecule has 2 aromatic rings. The van der Waals surface area contributed by atoms with E-state index in [9.17, 15) is 14.0 Å². The van der Waals surface area contributed by atoms with Crippen LogP contribution in [0.5, 0.6) is 5.75 Å². The molecule has 4 nitrogen and oxygen atoms in total. The fourth-order valence-electron chi connectivity index (χ4n) is 1.84. The highest BCUT2D eigenvalue weighted by Gasteiger charge is 2.14. The lowest BCUT2D eigenvalue weighted by molar-refractivity contribution is -0.114. The van der Waals surface area contributed by atoms with Crippen LogP contribution in [0.3, 0.4) is 0 Å². The predicted octanol–water partition coefficient (Wildman–Crippen LogP) is 4.46. The van der Waals surface area contributed by atoms with Gasteiger partial charge in [0.2, 0.25) is 11.7 Å². The fourth-order valence-corrected chi connectivity index (χ4v) is 2.56. The third-order valence-electron chi connectivity index (χ3n) is 2.84. The normalized spacial score (nSPS) is 10.3. The summed E-state index contributed by atoms with van der Waals surface area (Å²) in [5, 5.41) is 2.78. The lowest BCUT2D eigenvalue weighted by atomic mass is 10.1. The number of rotatable bonds is 5. The molecule has 0 radical (unpaired) electrons. The minimum atomic E-state index is -0.730. The molecule has 1 N–H and O–H groups in total. The number of ether oxygens (including phenoxy) is 1. The first-order valence-electron chi connectivity index (χ1n) is 6.55. The molecule has 1 amide bonds. The molecular formula is C16H12BrClFNO3. The van der Waals surface area contributed by atoms with Crippen molar-refractivity contribution in [3.63, 3.8) is 0 Å². The lowest BCUT2D eigenvalue weighted by Crippen LogP contribution is -2.14. The van der Waals surface area contributed by atoms with Crippen LogP contribution in [0.2, 0.25) is 5.02 Å². The van der Waals surface area contributed by atoms with Crippen molar-refractivity contribution in [1.82, 2.24) is 0 Å². The summed E-state index contributed by atoms with van der Waals surface area (Å²) in [6, 6.07) is 8.79. The molecule has 120 valence electrons. The number of benzene rings is 2. The maximum Gasteiger partial charge on any atom is 0.221 e. The monoisotopic (exact) mass is 399 g/mol. The molecule has 0 aliphatic heterocycles. The lowest BCUT2D eigenvalue weighted by Gasteiger charge is -2.09. The number of anilines is 1. The van der Waals surface area contributed by atoms with Gasteiger partial charge in [-0.3, -0.25) is 9.59 Å². The van der Waals surface area contributed by atoms with Crippen molar-refractivity contribution in [3.8, 4) is 5.75 Å². The van der Waals surface area contributed by atoms with E-state index < -0.39 is 11.6 Å². The van der Waals surface area contributed by atoms with Gasteiger partial charge in [-0.15, -0.1) is 0 Å². The predicted molar refractivity (Wildman–Crippen MR) is 89.7 cm³/mol. The Morgan fingerprint density at radius 1 is 1.26 bits per heavy atom. The van der Waals surface area contributed by atoms with Crippen LogP contribution in [0.15, 0.2) is 40.9 Å². The molecule has 0 atom stereocenters. The number of carbonyl (C=O) groups excluding carboxylic acids is 2. The Labute approximate surface area is 145 Å². The molecular weight excluding hydrogens is 389 g/mol. The second-order valence-corrected chi connectivity index (χ2v) is 5.99. The van der Waals surface area contributed by atoms with E-state index >= 15 is 0 Å². The summed E-state index contributed by atoms with van der Waals surface area (Å²) in [7, 11) is 0. The summed E-state index contributed by atoms with van der Waals surface area (Å²) in [5.41, 5.74) is 0.163. The molecule has 0 aromatic heterocycles. The first kappa shape index (κ1) is 17.4. The first-order valence-corrected chi connectivity index (χ1v) is 7.72. The van der Waals surface area contributed by atoms with Crippen molar-refractivity contribution in [2.45, 2.75) is 6.92 Å². The molecule has 0 unspecified atom stereocenters. The van der Waals surface area contributed by atoms with Crippen molar-refractivity contribution in [2.75, 3.05) is 11.9 Å². The summed E-state index contributed by atoms with van der Waals surface area (Å²) in [6.45, 7) is 0.963. The van der Waals surface area contributed by atoms with Gasteiger partial charge in [-0.1, -0.05) is 27.5 Å². The molecule has 2 aromatic carbocycles. The van der Waals surface area contributed by atoms with Gasteiger partial charge in [0.05, 0.1) is 10.6 Å². The molecule has 0 saturated heterocycles. The Morgan fingerprint density at radius 3 is 2.61 bits per heavy atom. The van der Waals surface area contributed by atoms with E-state index in [0.717, 1.165) is 10.5 Å². The Hall–Kier alpha value is -1.92. The van der Waals surface area contributed by atoms with Gasteiger partial charge in [0.15, 0.2) is 6.61 Å². The zero-order valence-corrected chi connectivity index (χ0v) is 14.4. The number of ketones is 1. The highest BCUT2D eigenvalue weighted by Crippen LogP contribution is 2.28. The molecule has 0 aliphatic carbocycles. The van der Waals surface area contributed by atoms with Gasteiger partial charge in [-0.2, -0.15) is 0 Å². The van der Waals surface area contributed by atoms with Crippen LogP contribution in [0.25, 0.3) is 0 Å². The average Bonchev–Trinajstić information content (AvgIpc) is 2.45. The van der Waals surface area contributed by atoms with Gasteiger partial charge < -0.3 is 10.1 Å². The van der Waals surface area contributed by atoms with E-state index in [-0.39, 0.29) is 23.8 Å². The van der Waals surface area contributed by atoms with Crippen LogP contribution in [-0.2, 0) is 4.79 Å². The number of carbonyl (C=O) groups is 2. The first-order chi connectivity index (χ1) is 10.9. The highest BCUT2D eigenvalue weighted by atomic mass is 79.9. The Balaban J connectivity index is 2.07. The number of hydrogen-bond donors (Lipinski definition) is 1. The molecule has 0 bridgehead atoms. The molecule has 2 rings (SSSR count). The molecule has 0 heterocycles. The molecule has 0 aliphatic rings. The molecule has 23 heavy (non-hydrogen) atoms. The standard InChI is InChI=1S/C16H12BrClFNO3/c1-9(21)20-11-3-4-12(14(19)7-11)15(22)8-23-16-5-2-10(17)6-13(16)18/h2-7H,8H2,1H3,(H,20,21). The maximum atomic E-state index is 13.9. The van der Waals surface area contributed by atoms with Crippen LogP contribution >= 0.6 is 27.5 Å². The number of nitrogens with one attached hydrogen (secondary N) is 1. The van der Waals surface area contributed by atoms with Crippen LogP contribution in [0.4, 0.5) is 10.1 Å². The van der Waals surface area contributed by atoms with Crippen LogP contribution in [-0.4, -0.2) is 18.3 Å². The SMILES string of the molecule is CC(=O)Nc1ccc(C(=O)COc2ccc(Br)cc2Cl)c(F)c1. The Kier molecular flexibility index (Phi) is 5.74. The molecule has 0 fully saturated rings. The van der Waals surface area contributed by atoms with Crippen molar-refractivity contribution in [3.05, 3.63) is 57.3 Å². The summed E-state index contributed by atoms with van der Waals surface area (Å²) in [4.78, 5) is 23.0. The van der Waals surface area contributed by atoms with E-state index in [2.05, 4.69) is 21.2 Å². The molecule has 7 heteroatoms. The van der Waals surface area contributed by atoms with Crippen molar-refractivity contribution < 1.29 is 18.7 Å². The summed E-state index contributed by atoms with van der Waals surface area (Å²) >= 11 is 9.24. The molecule has 0 spiro atoms. The quantitative estimate of drug-likeness (QED) is 0.754. The third kappa shape index (κ3) is 4.77. The summed E-state index contributed by atoms with van der Waals surface area (Å²) < 4.78 is 20.0. The van der Waals surface area contributed by atoms with Crippen molar-refractivity contribution in [2.24, 2.45) is 0 Å². The van der Waals surface area contributed by atoms with E-state index in [1.807, 2.05) is 0 Å². The summed E-state index contributed by atoms with van der Waals surface area (Å²) in [6.07, 6.45) is 0. The van der Waals surface area contributed by atoms with E-state index in [0.29, 0.717) is 10.8 Å². The Bertz CT molecular complexity index is 767. The van der Waals surface area contributed by atoms with E-state index in [1.165, 1.54) is 19.1 Å². The maximum absolute atomic E-state index is 13.9. The van der Waals surface area contributed by atoms with Gasteiger partial charge >= 0.3 is 0 Å². The smallest absolute Gasteiger partial charge is 0.221 e. The van der Waals surface area contributed by atoms with Crippen molar-refractivity contribution in [1.29, 1.82) is 0 Å². The van der Waals surface area contributed by atoms with E-state index in [1.54, 1.807) is 18.2 Å². The number of amides is 1. The second-order valence-electron chi connectivity index (χ2n) is 4.66. The zero-order chi connectivity index (χ0) is 17.0. The van der Waals surface area contributed by atoms with Gasteiger partial charge in [0, 0.05) is 17.1 Å². The fraction of sp³-hybridized carbons (Fsp3) is 0.125. The molecule has 0 saturated carbocycles.